The highest BCUT2D eigenvalue weighted by Crippen LogP contribution is 2.48. The van der Waals surface area contributed by atoms with Gasteiger partial charge < -0.3 is 36.4 Å². The molecular formula is C36H36ClF4N9O5S. The average Bonchev–Trinajstić information content (AvgIpc) is 3.79. The molecule has 3 amide bonds. The number of anilines is 4. The predicted octanol–water partition coefficient (Wildman–Crippen LogP) is 6.91. The van der Waals surface area contributed by atoms with E-state index < -0.39 is 41.5 Å². The molecule has 0 atom stereocenters. The summed E-state index contributed by atoms with van der Waals surface area (Å²) in [4.78, 5) is 50.2. The van der Waals surface area contributed by atoms with E-state index in [0.29, 0.717) is 36.0 Å². The Balaban J connectivity index is 0.000000386. The quantitative estimate of drug-likeness (QED) is 0.0504. The van der Waals surface area contributed by atoms with E-state index in [1.807, 2.05) is 26.0 Å². The zero-order valence-electron chi connectivity index (χ0n) is 30.1. The Labute approximate surface area is 326 Å². The van der Waals surface area contributed by atoms with Crippen LogP contribution in [-0.2, 0) is 15.1 Å². The molecule has 0 unspecified atom stereocenters. The van der Waals surface area contributed by atoms with Crippen LogP contribution in [0.15, 0.2) is 60.7 Å². The van der Waals surface area contributed by atoms with Gasteiger partial charge in [-0.25, -0.2) is 9.37 Å². The van der Waals surface area contributed by atoms with Crippen molar-refractivity contribution in [3.63, 3.8) is 0 Å². The number of aromatic nitrogens is 4. The highest BCUT2D eigenvalue weighted by atomic mass is 35.5. The summed E-state index contributed by atoms with van der Waals surface area (Å²) in [6, 6.07) is 15.1. The summed E-state index contributed by atoms with van der Waals surface area (Å²) in [5.41, 5.74) is 0.514. The second kappa shape index (κ2) is 17.3. The van der Waals surface area contributed by atoms with Crippen LogP contribution in [0, 0.1) is 11.2 Å². The summed E-state index contributed by atoms with van der Waals surface area (Å²) in [6.07, 6.45) is -2.63. The minimum absolute atomic E-state index is 0.0551. The first-order valence-electron chi connectivity index (χ1n) is 16.8. The smallest absolute Gasteiger partial charge is 0.422 e. The van der Waals surface area contributed by atoms with Crippen LogP contribution in [0.4, 0.5) is 40.3 Å². The Morgan fingerprint density at radius 1 is 0.964 bits per heavy atom. The Morgan fingerprint density at radius 2 is 1.66 bits per heavy atom. The normalized spacial score (nSPS) is 13.1. The summed E-state index contributed by atoms with van der Waals surface area (Å²) in [6.45, 7) is 3.90. The fraction of sp³-hybridized carbons (Fsp3) is 0.306. The number of fused-ring (bicyclic) bond motifs is 1. The van der Waals surface area contributed by atoms with E-state index in [4.69, 9.17) is 21.4 Å². The van der Waals surface area contributed by atoms with Crippen LogP contribution >= 0.6 is 22.9 Å². The summed E-state index contributed by atoms with van der Waals surface area (Å²) < 4.78 is 59.1. The second-order valence-corrected chi connectivity index (χ2v) is 14.9. The number of aromatic hydroxyl groups is 1. The molecular weight excluding hydrogens is 782 g/mol. The van der Waals surface area contributed by atoms with Crippen LogP contribution in [0.2, 0.25) is 5.02 Å². The summed E-state index contributed by atoms with van der Waals surface area (Å²) >= 11 is 7.32. The third-order valence-electron chi connectivity index (χ3n) is 8.05. The van der Waals surface area contributed by atoms with Gasteiger partial charge in [0.1, 0.15) is 11.6 Å². The highest BCUT2D eigenvalue weighted by molar-refractivity contribution is 7.22. The van der Waals surface area contributed by atoms with Crippen molar-refractivity contribution in [3.05, 3.63) is 82.6 Å². The van der Waals surface area contributed by atoms with Crippen LogP contribution in [0.5, 0.6) is 11.8 Å². The van der Waals surface area contributed by atoms with Gasteiger partial charge in [0.2, 0.25) is 24.2 Å². The summed E-state index contributed by atoms with van der Waals surface area (Å²) in [5, 5.41) is 23.9. The number of hydrogen-bond donors (Lipinski definition) is 6. The highest BCUT2D eigenvalue weighted by Gasteiger charge is 2.45. The number of phenolic OH excluding ortho intramolecular Hbond substituents is 1. The third-order valence-corrected chi connectivity index (χ3v) is 9.25. The number of carbonyl (C=O) groups is 3. The molecule has 2 aromatic heterocycles. The molecule has 5 aromatic rings. The maximum Gasteiger partial charge on any atom is 0.422 e. The number of nitrogens with zero attached hydrogens (tertiary/aromatic N) is 4. The van der Waals surface area contributed by atoms with Gasteiger partial charge in [-0.05, 0) is 72.4 Å². The first-order valence-corrected chi connectivity index (χ1v) is 18.0. The molecule has 0 saturated heterocycles. The zero-order chi connectivity index (χ0) is 40.7. The zero-order valence-corrected chi connectivity index (χ0v) is 31.6. The average molecular weight is 818 g/mol. The standard InChI is InChI=1S/C28H30ClF4N7O3.C8H6N2O2S/c1-16(41)34-13-26(2,3)14-35-22(42)20-9-8-19(12-21(20)30)36-23-37-24(39-25(38-23)43-15-28(31,32)33)40-27(10-11-27)17-4-6-18(29)7-5-17;11-4-9-8-10-6-2-1-5(12)3-7(6)13-8/h4-9,12H,10-11,13-15H2,1-3H3,(H,34,41)(H,35,42)(H2,36,37,38,39,40);1-4,12H,(H,9,10,11). The minimum Gasteiger partial charge on any atom is -0.508 e. The Bertz CT molecular complexity index is 2200. The van der Waals surface area contributed by atoms with Crippen molar-refractivity contribution in [2.45, 2.75) is 45.3 Å². The topological polar surface area (TPSA) is 192 Å². The van der Waals surface area contributed by atoms with Gasteiger partial charge in [-0.1, -0.05) is 48.9 Å². The molecule has 3 aromatic carbocycles. The number of rotatable bonds is 14. The van der Waals surface area contributed by atoms with E-state index in [1.54, 1.807) is 30.3 Å². The van der Waals surface area contributed by atoms with E-state index in [0.717, 1.165) is 21.8 Å². The Hall–Kier alpha value is -5.82. The number of alkyl halides is 3. The number of ether oxygens (including phenoxy) is 1. The number of benzene rings is 3. The molecule has 1 saturated carbocycles. The van der Waals surface area contributed by atoms with Crippen LogP contribution in [0.1, 0.15) is 49.5 Å². The van der Waals surface area contributed by atoms with Crippen molar-refractivity contribution >= 4 is 74.1 Å². The van der Waals surface area contributed by atoms with Gasteiger partial charge in [-0.15, -0.1) is 0 Å². The maximum atomic E-state index is 15.0. The van der Waals surface area contributed by atoms with Gasteiger partial charge in [0.25, 0.3) is 5.91 Å². The van der Waals surface area contributed by atoms with Crippen molar-refractivity contribution in [3.8, 4) is 11.8 Å². The largest absolute Gasteiger partial charge is 0.508 e. The first kappa shape index (κ1) is 41.3. The van der Waals surface area contributed by atoms with Crippen molar-refractivity contribution in [1.29, 1.82) is 0 Å². The van der Waals surface area contributed by atoms with E-state index in [1.165, 1.54) is 30.4 Å². The molecule has 1 aliphatic carbocycles. The summed E-state index contributed by atoms with van der Waals surface area (Å²) in [5.74, 6) is -1.79. The number of phenols is 1. The van der Waals surface area contributed by atoms with E-state index in [9.17, 15) is 31.9 Å². The SMILES string of the molecule is CC(=O)NCC(C)(C)CNC(=O)c1ccc(Nc2nc(NC3(c4ccc(Cl)cc4)CC3)nc(OCC(F)(F)F)n2)cc1F.O=CNc1nc2ccc(O)cc2s1. The van der Waals surface area contributed by atoms with Crippen molar-refractivity contribution in [2.75, 3.05) is 35.6 Å². The molecule has 14 nitrogen and oxygen atoms in total. The molecule has 0 bridgehead atoms. The predicted molar refractivity (Wildman–Crippen MR) is 203 cm³/mol. The van der Waals surface area contributed by atoms with Gasteiger partial charge in [0.05, 0.1) is 21.3 Å². The second-order valence-electron chi connectivity index (χ2n) is 13.4. The van der Waals surface area contributed by atoms with Gasteiger partial charge in [0, 0.05) is 30.7 Å². The minimum atomic E-state index is -4.63. The molecule has 6 rings (SSSR count). The van der Waals surface area contributed by atoms with E-state index in [2.05, 4.69) is 46.5 Å². The monoisotopic (exact) mass is 817 g/mol. The van der Waals surface area contributed by atoms with Gasteiger partial charge in [-0.3, -0.25) is 14.4 Å². The van der Waals surface area contributed by atoms with Gasteiger partial charge in [0.15, 0.2) is 11.7 Å². The molecule has 6 N–H and O–H groups in total. The lowest BCUT2D eigenvalue weighted by atomic mass is 9.93. The number of hydrogen-bond acceptors (Lipinski definition) is 12. The fourth-order valence-corrected chi connectivity index (χ4v) is 6.03. The number of halogens is 5. The van der Waals surface area contributed by atoms with Gasteiger partial charge in [-0.2, -0.15) is 28.1 Å². The number of carbonyl (C=O) groups excluding carboxylic acids is 3. The van der Waals surface area contributed by atoms with Crippen LogP contribution in [0.25, 0.3) is 10.2 Å². The number of thiazole rings is 1. The molecule has 56 heavy (non-hydrogen) atoms. The first-order chi connectivity index (χ1) is 26.4. The lowest BCUT2D eigenvalue weighted by molar-refractivity contribution is -0.154. The third kappa shape index (κ3) is 11.8. The van der Waals surface area contributed by atoms with Crippen LogP contribution in [0.3, 0.4) is 0 Å². The van der Waals surface area contributed by atoms with Crippen molar-refractivity contribution in [1.82, 2.24) is 30.6 Å². The number of nitrogens with one attached hydrogen (secondary N) is 5. The molecule has 0 aliphatic heterocycles. The molecule has 296 valence electrons. The molecule has 1 fully saturated rings. The molecule has 2 heterocycles. The summed E-state index contributed by atoms with van der Waals surface area (Å²) in [7, 11) is 0. The van der Waals surface area contributed by atoms with Crippen molar-refractivity contribution < 1.29 is 41.8 Å². The fourth-order valence-electron chi connectivity index (χ4n) is 5.05. The van der Waals surface area contributed by atoms with Crippen LogP contribution in [-0.4, -0.2) is 69.1 Å². The molecule has 1 aliphatic rings. The molecule has 0 radical (unpaired) electrons. The lowest BCUT2D eigenvalue weighted by Gasteiger charge is -2.25. The Kier molecular flexibility index (Phi) is 12.8. The van der Waals surface area contributed by atoms with Crippen molar-refractivity contribution in [2.24, 2.45) is 5.41 Å². The molecule has 20 heteroatoms. The molecule has 0 spiro atoms. The van der Waals surface area contributed by atoms with Gasteiger partial charge >= 0.3 is 12.2 Å². The lowest BCUT2D eigenvalue weighted by Crippen LogP contribution is -2.41. The maximum absolute atomic E-state index is 15.0. The number of amides is 3. The van der Waals surface area contributed by atoms with E-state index >= 15 is 0 Å². The Morgan fingerprint density at radius 3 is 2.30 bits per heavy atom. The van der Waals surface area contributed by atoms with E-state index in [-0.39, 0.29) is 41.3 Å². The van der Waals surface area contributed by atoms with Crippen LogP contribution < -0.4 is 31.3 Å².